The molecule has 0 atom stereocenters. The lowest BCUT2D eigenvalue weighted by atomic mass is 10.2. The number of fused-ring (bicyclic) bond motifs is 1. The molecule has 1 aliphatic rings. The summed E-state index contributed by atoms with van der Waals surface area (Å²) >= 11 is 0. The predicted octanol–water partition coefficient (Wildman–Crippen LogP) is 1.88. The second-order valence-corrected chi connectivity index (χ2v) is 3.93. The molecule has 0 bridgehead atoms. The standard InChI is InChI=1S/C12H16N2O/c1-10(15)14-9-5-8-13(2)11-6-3-4-7-12(11)14/h3-4,6-7H,5,8-9H2,1-2H3. The third-order valence-corrected chi connectivity index (χ3v) is 2.84. The lowest BCUT2D eigenvalue weighted by molar-refractivity contribution is -0.116. The van der Waals surface area contributed by atoms with Crippen LogP contribution in [0, 0.1) is 0 Å². The number of carbonyl (C=O) groups excluding carboxylic acids is 1. The molecule has 80 valence electrons. The number of hydrogen-bond acceptors (Lipinski definition) is 2. The Bertz CT molecular complexity index is 376. The van der Waals surface area contributed by atoms with Crippen molar-refractivity contribution in [3.8, 4) is 0 Å². The van der Waals surface area contributed by atoms with Gasteiger partial charge in [-0.05, 0) is 18.6 Å². The lowest BCUT2D eigenvalue weighted by Gasteiger charge is -2.22. The Hall–Kier alpha value is -1.51. The van der Waals surface area contributed by atoms with Gasteiger partial charge in [-0.1, -0.05) is 12.1 Å². The second-order valence-electron chi connectivity index (χ2n) is 3.93. The van der Waals surface area contributed by atoms with Crippen LogP contribution in [0.5, 0.6) is 0 Å². The van der Waals surface area contributed by atoms with Crippen molar-refractivity contribution in [2.24, 2.45) is 0 Å². The molecular weight excluding hydrogens is 188 g/mol. The molecule has 0 spiro atoms. The SMILES string of the molecule is CC(=O)N1CCCN(C)c2ccccc21. The first kappa shape index (κ1) is 10.0. The molecule has 1 amide bonds. The number of hydrogen-bond donors (Lipinski definition) is 0. The van der Waals surface area contributed by atoms with Crippen LogP contribution in [0.25, 0.3) is 0 Å². The van der Waals surface area contributed by atoms with Crippen LogP contribution in [0.1, 0.15) is 13.3 Å². The molecule has 1 aromatic rings. The Balaban J connectivity index is 2.47. The number of benzene rings is 1. The topological polar surface area (TPSA) is 23.6 Å². The van der Waals surface area contributed by atoms with Crippen molar-refractivity contribution in [2.45, 2.75) is 13.3 Å². The van der Waals surface area contributed by atoms with E-state index in [1.165, 1.54) is 0 Å². The molecule has 2 rings (SSSR count). The van der Waals surface area contributed by atoms with E-state index in [4.69, 9.17) is 0 Å². The minimum atomic E-state index is 0.123. The van der Waals surface area contributed by atoms with Gasteiger partial charge in [-0.2, -0.15) is 0 Å². The van der Waals surface area contributed by atoms with E-state index in [2.05, 4.69) is 18.0 Å². The number of para-hydroxylation sites is 2. The minimum Gasteiger partial charge on any atom is -0.373 e. The van der Waals surface area contributed by atoms with Gasteiger partial charge in [0.15, 0.2) is 0 Å². The first-order valence-electron chi connectivity index (χ1n) is 5.28. The Morgan fingerprint density at radius 2 is 1.87 bits per heavy atom. The first-order chi connectivity index (χ1) is 7.20. The first-order valence-corrected chi connectivity index (χ1v) is 5.28. The zero-order valence-corrected chi connectivity index (χ0v) is 9.23. The molecule has 1 heterocycles. The maximum atomic E-state index is 11.5. The lowest BCUT2D eigenvalue weighted by Crippen LogP contribution is -2.28. The number of anilines is 2. The van der Waals surface area contributed by atoms with E-state index in [0.29, 0.717) is 0 Å². The Morgan fingerprint density at radius 1 is 1.20 bits per heavy atom. The molecule has 0 N–H and O–H groups in total. The van der Waals surface area contributed by atoms with Crippen molar-refractivity contribution in [1.82, 2.24) is 0 Å². The van der Waals surface area contributed by atoms with Crippen LogP contribution in [0.3, 0.4) is 0 Å². The van der Waals surface area contributed by atoms with Gasteiger partial charge in [0.05, 0.1) is 11.4 Å². The summed E-state index contributed by atoms with van der Waals surface area (Å²) in [5.74, 6) is 0.123. The third kappa shape index (κ3) is 1.82. The van der Waals surface area contributed by atoms with Crippen molar-refractivity contribution in [3.05, 3.63) is 24.3 Å². The highest BCUT2D eigenvalue weighted by atomic mass is 16.2. The van der Waals surface area contributed by atoms with Crippen molar-refractivity contribution in [2.75, 3.05) is 29.9 Å². The van der Waals surface area contributed by atoms with Gasteiger partial charge in [-0.25, -0.2) is 0 Å². The Kier molecular flexibility index (Phi) is 2.62. The largest absolute Gasteiger partial charge is 0.373 e. The van der Waals surface area contributed by atoms with E-state index < -0.39 is 0 Å². The third-order valence-electron chi connectivity index (χ3n) is 2.84. The number of rotatable bonds is 0. The van der Waals surface area contributed by atoms with Gasteiger partial charge in [0.2, 0.25) is 5.91 Å². The van der Waals surface area contributed by atoms with Gasteiger partial charge in [-0.3, -0.25) is 4.79 Å². The van der Waals surface area contributed by atoms with E-state index >= 15 is 0 Å². The molecule has 15 heavy (non-hydrogen) atoms. The summed E-state index contributed by atoms with van der Waals surface area (Å²) < 4.78 is 0. The molecule has 3 nitrogen and oxygen atoms in total. The summed E-state index contributed by atoms with van der Waals surface area (Å²) in [6.45, 7) is 3.44. The van der Waals surface area contributed by atoms with Gasteiger partial charge >= 0.3 is 0 Å². The maximum absolute atomic E-state index is 11.5. The van der Waals surface area contributed by atoms with Gasteiger partial charge < -0.3 is 9.80 Å². The van der Waals surface area contributed by atoms with Crippen LogP contribution in [-0.4, -0.2) is 26.0 Å². The van der Waals surface area contributed by atoms with Crippen LogP contribution in [-0.2, 0) is 4.79 Å². The fraction of sp³-hybridized carbons (Fsp3) is 0.417. The van der Waals surface area contributed by atoms with Gasteiger partial charge in [0.25, 0.3) is 0 Å². The van der Waals surface area contributed by atoms with Gasteiger partial charge in [0.1, 0.15) is 0 Å². The highest BCUT2D eigenvalue weighted by Crippen LogP contribution is 2.30. The summed E-state index contributed by atoms with van der Waals surface area (Å²) in [4.78, 5) is 15.6. The Morgan fingerprint density at radius 3 is 2.53 bits per heavy atom. The number of nitrogens with zero attached hydrogens (tertiary/aromatic N) is 2. The van der Waals surface area contributed by atoms with Crippen LogP contribution in [0.2, 0.25) is 0 Å². The van der Waals surface area contributed by atoms with Crippen LogP contribution in [0.4, 0.5) is 11.4 Å². The summed E-state index contributed by atoms with van der Waals surface area (Å²) in [5.41, 5.74) is 2.18. The highest BCUT2D eigenvalue weighted by molar-refractivity contribution is 5.95. The zero-order valence-electron chi connectivity index (χ0n) is 9.23. The molecule has 0 aliphatic carbocycles. The van der Waals surface area contributed by atoms with Crippen LogP contribution >= 0.6 is 0 Å². The van der Waals surface area contributed by atoms with Crippen molar-refractivity contribution in [1.29, 1.82) is 0 Å². The molecule has 0 fully saturated rings. The fourth-order valence-electron chi connectivity index (χ4n) is 2.05. The van der Waals surface area contributed by atoms with Crippen molar-refractivity contribution in [3.63, 3.8) is 0 Å². The number of amides is 1. The monoisotopic (exact) mass is 204 g/mol. The Labute approximate surface area is 90.3 Å². The molecule has 0 saturated carbocycles. The maximum Gasteiger partial charge on any atom is 0.223 e. The summed E-state index contributed by atoms with van der Waals surface area (Å²) in [6.07, 6.45) is 1.02. The molecule has 3 heteroatoms. The van der Waals surface area contributed by atoms with Gasteiger partial charge in [0, 0.05) is 27.1 Å². The van der Waals surface area contributed by atoms with Gasteiger partial charge in [-0.15, -0.1) is 0 Å². The highest BCUT2D eigenvalue weighted by Gasteiger charge is 2.19. The fourth-order valence-corrected chi connectivity index (χ4v) is 2.05. The van der Waals surface area contributed by atoms with E-state index in [1.807, 2.05) is 23.1 Å². The van der Waals surface area contributed by atoms with Crippen molar-refractivity contribution < 1.29 is 4.79 Å². The molecule has 0 unspecified atom stereocenters. The smallest absolute Gasteiger partial charge is 0.223 e. The number of carbonyl (C=O) groups is 1. The zero-order chi connectivity index (χ0) is 10.8. The molecule has 0 saturated heterocycles. The molecule has 1 aromatic carbocycles. The van der Waals surface area contributed by atoms with E-state index in [1.54, 1.807) is 6.92 Å². The quantitative estimate of drug-likeness (QED) is 0.644. The minimum absolute atomic E-state index is 0.123. The average molecular weight is 204 g/mol. The molecule has 0 radical (unpaired) electrons. The molecular formula is C12H16N2O. The van der Waals surface area contributed by atoms with Crippen LogP contribution < -0.4 is 9.80 Å². The predicted molar refractivity (Wildman–Crippen MR) is 62.4 cm³/mol. The molecule has 0 aromatic heterocycles. The summed E-state index contributed by atoms with van der Waals surface area (Å²) in [7, 11) is 2.07. The van der Waals surface area contributed by atoms with E-state index in [9.17, 15) is 4.79 Å². The van der Waals surface area contributed by atoms with E-state index in [-0.39, 0.29) is 5.91 Å². The van der Waals surface area contributed by atoms with Crippen LogP contribution in [0.15, 0.2) is 24.3 Å². The van der Waals surface area contributed by atoms with Crippen molar-refractivity contribution >= 4 is 17.3 Å². The normalized spacial score (nSPS) is 15.9. The average Bonchev–Trinajstić information content (AvgIpc) is 2.39. The van der Waals surface area contributed by atoms with E-state index in [0.717, 1.165) is 30.9 Å². The summed E-state index contributed by atoms with van der Waals surface area (Å²) in [5, 5.41) is 0. The molecule has 1 aliphatic heterocycles. The summed E-state index contributed by atoms with van der Waals surface area (Å²) in [6, 6.07) is 8.07. The second kappa shape index (κ2) is 3.93.